The van der Waals surface area contributed by atoms with Gasteiger partial charge in [0.15, 0.2) is 11.5 Å². The number of rotatable bonds is 9. The molecule has 3 aromatic rings. The van der Waals surface area contributed by atoms with E-state index in [0.29, 0.717) is 28.6 Å². The summed E-state index contributed by atoms with van der Waals surface area (Å²) >= 11 is 6.14. The van der Waals surface area contributed by atoms with Crippen LogP contribution in [0, 0.1) is 0 Å². The van der Waals surface area contributed by atoms with E-state index in [2.05, 4.69) is 0 Å². The lowest BCUT2D eigenvalue weighted by Crippen LogP contribution is -2.46. The molecule has 39 heavy (non-hydrogen) atoms. The summed E-state index contributed by atoms with van der Waals surface area (Å²) < 4.78 is 15.7. The monoisotopic (exact) mass is 550 g/mol. The van der Waals surface area contributed by atoms with Crippen molar-refractivity contribution in [1.29, 1.82) is 0 Å². The highest BCUT2D eigenvalue weighted by atomic mass is 35.5. The quantitative estimate of drug-likeness (QED) is 0.222. The average molecular weight is 551 g/mol. The highest BCUT2D eigenvalue weighted by molar-refractivity contribution is 6.30. The van der Waals surface area contributed by atoms with Gasteiger partial charge in [-0.25, -0.2) is 4.90 Å². The van der Waals surface area contributed by atoms with Crippen molar-refractivity contribution in [3.8, 4) is 17.2 Å². The molecule has 0 N–H and O–H groups in total. The van der Waals surface area contributed by atoms with Gasteiger partial charge in [0.05, 0.1) is 26.3 Å². The molecule has 9 nitrogen and oxygen atoms in total. The molecule has 202 valence electrons. The summed E-state index contributed by atoms with van der Waals surface area (Å²) in [5.41, 5.74) is 1.47. The van der Waals surface area contributed by atoms with E-state index in [1.807, 2.05) is 12.1 Å². The van der Waals surface area contributed by atoms with Crippen LogP contribution in [-0.4, -0.2) is 55.4 Å². The van der Waals surface area contributed by atoms with Gasteiger partial charge in [0.2, 0.25) is 5.91 Å². The van der Waals surface area contributed by atoms with Gasteiger partial charge in [-0.05, 0) is 66.6 Å². The number of hydrogen-bond donors (Lipinski definition) is 0. The predicted molar refractivity (Wildman–Crippen MR) is 144 cm³/mol. The second kappa shape index (κ2) is 12.0. The molecule has 3 amide bonds. The van der Waals surface area contributed by atoms with Crippen LogP contribution in [0.5, 0.6) is 17.2 Å². The Hall–Kier alpha value is -4.37. The topological polar surface area (TPSA) is 102 Å². The van der Waals surface area contributed by atoms with Crippen molar-refractivity contribution in [1.82, 2.24) is 4.90 Å². The highest BCUT2D eigenvalue weighted by Gasteiger charge is 2.44. The smallest absolute Gasteiger partial charge is 0.308 e. The Morgan fingerprint density at radius 1 is 0.974 bits per heavy atom. The number of esters is 1. The van der Waals surface area contributed by atoms with E-state index in [4.69, 9.17) is 25.8 Å². The van der Waals surface area contributed by atoms with Crippen LogP contribution in [0.25, 0.3) is 0 Å². The first-order valence-corrected chi connectivity index (χ1v) is 12.5. The number of amides is 3. The van der Waals surface area contributed by atoms with Gasteiger partial charge in [-0.15, -0.1) is 0 Å². The van der Waals surface area contributed by atoms with Crippen molar-refractivity contribution in [2.24, 2.45) is 0 Å². The van der Waals surface area contributed by atoms with Crippen molar-refractivity contribution in [2.75, 3.05) is 25.7 Å². The molecule has 1 aliphatic heterocycles. The SMILES string of the molecule is COc1ccc(C(=O)N(CCc2cccc(Cl)c2)C2CC(=O)N(c3ccc(OC(C)=O)cc3)C2=O)cc1OC. The lowest BCUT2D eigenvalue weighted by atomic mass is 10.1. The third kappa shape index (κ3) is 6.21. The number of anilines is 1. The molecule has 0 bridgehead atoms. The standard InChI is InChI=1S/C29H27ClN2O7/c1-18(33)39-23-10-8-22(9-11-23)32-27(34)17-24(29(32)36)31(14-13-19-5-4-6-21(30)15-19)28(35)20-7-12-25(37-2)26(16-20)38-3/h4-12,15-16,24H,13-14,17H2,1-3H3. The van der Waals surface area contributed by atoms with Gasteiger partial charge in [0, 0.05) is 24.1 Å². The molecule has 4 rings (SSSR count). The van der Waals surface area contributed by atoms with Crippen LogP contribution < -0.4 is 19.1 Å². The van der Waals surface area contributed by atoms with Gasteiger partial charge >= 0.3 is 5.97 Å². The van der Waals surface area contributed by atoms with E-state index in [-0.39, 0.29) is 24.3 Å². The van der Waals surface area contributed by atoms with Crippen molar-refractivity contribution >= 4 is 41.0 Å². The summed E-state index contributed by atoms with van der Waals surface area (Å²) in [6.45, 7) is 1.44. The third-order valence-corrected chi connectivity index (χ3v) is 6.51. The minimum Gasteiger partial charge on any atom is -0.493 e. The second-order valence-corrected chi connectivity index (χ2v) is 9.26. The zero-order valence-corrected chi connectivity index (χ0v) is 22.4. The van der Waals surface area contributed by atoms with E-state index in [0.717, 1.165) is 10.5 Å². The summed E-state index contributed by atoms with van der Waals surface area (Å²) in [4.78, 5) is 54.1. The van der Waals surface area contributed by atoms with Crippen molar-refractivity contribution < 1.29 is 33.4 Å². The first kappa shape index (κ1) is 27.7. The Bertz CT molecular complexity index is 1410. The summed E-state index contributed by atoms with van der Waals surface area (Å²) in [6, 6.07) is 17.0. The number of hydrogen-bond acceptors (Lipinski definition) is 7. The number of carbonyl (C=O) groups excluding carboxylic acids is 4. The Balaban J connectivity index is 1.64. The van der Waals surface area contributed by atoms with Gasteiger partial charge in [-0.1, -0.05) is 23.7 Å². The van der Waals surface area contributed by atoms with Gasteiger partial charge in [-0.3, -0.25) is 19.2 Å². The second-order valence-electron chi connectivity index (χ2n) is 8.82. The summed E-state index contributed by atoms with van der Waals surface area (Å²) in [7, 11) is 2.96. The largest absolute Gasteiger partial charge is 0.493 e. The molecular formula is C29H27ClN2O7. The van der Waals surface area contributed by atoms with Crippen molar-refractivity contribution in [2.45, 2.75) is 25.8 Å². The average Bonchev–Trinajstić information content (AvgIpc) is 3.21. The van der Waals surface area contributed by atoms with Crippen LogP contribution in [0.2, 0.25) is 5.02 Å². The molecule has 1 fully saturated rings. The molecule has 0 saturated carbocycles. The Labute approximate surface area is 230 Å². The lowest BCUT2D eigenvalue weighted by molar-refractivity contribution is -0.132. The fourth-order valence-corrected chi connectivity index (χ4v) is 4.65. The maximum Gasteiger partial charge on any atom is 0.308 e. The zero-order valence-electron chi connectivity index (χ0n) is 21.7. The zero-order chi connectivity index (χ0) is 28.1. The Morgan fingerprint density at radius 3 is 2.33 bits per heavy atom. The van der Waals surface area contributed by atoms with Gasteiger partial charge in [0.1, 0.15) is 11.8 Å². The molecule has 1 atom stereocenters. The summed E-state index contributed by atoms with van der Waals surface area (Å²) in [5, 5.41) is 0.556. The molecule has 0 radical (unpaired) electrons. The normalized spacial score (nSPS) is 14.8. The molecule has 0 aliphatic carbocycles. The van der Waals surface area contributed by atoms with Gasteiger partial charge < -0.3 is 19.1 Å². The fraction of sp³-hybridized carbons (Fsp3) is 0.241. The molecule has 1 unspecified atom stereocenters. The lowest BCUT2D eigenvalue weighted by Gasteiger charge is -2.28. The van der Waals surface area contributed by atoms with Crippen LogP contribution in [0.15, 0.2) is 66.7 Å². The van der Waals surface area contributed by atoms with Crippen molar-refractivity contribution in [3.63, 3.8) is 0 Å². The van der Waals surface area contributed by atoms with Crippen LogP contribution in [0.1, 0.15) is 29.3 Å². The maximum atomic E-state index is 13.8. The number of nitrogens with zero attached hydrogens (tertiary/aromatic N) is 2. The molecular weight excluding hydrogens is 524 g/mol. The van der Waals surface area contributed by atoms with Crippen LogP contribution >= 0.6 is 11.6 Å². The molecule has 0 aromatic heterocycles. The van der Waals surface area contributed by atoms with Crippen LogP contribution in [-0.2, 0) is 20.8 Å². The molecule has 3 aromatic carbocycles. The maximum absolute atomic E-state index is 13.8. The molecule has 1 heterocycles. The van der Waals surface area contributed by atoms with E-state index in [1.54, 1.807) is 30.3 Å². The van der Waals surface area contributed by atoms with E-state index >= 15 is 0 Å². The van der Waals surface area contributed by atoms with E-state index in [9.17, 15) is 19.2 Å². The Kier molecular flexibility index (Phi) is 8.51. The number of imide groups is 1. The van der Waals surface area contributed by atoms with Crippen LogP contribution in [0.3, 0.4) is 0 Å². The third-order valence-electron chi connectivity index (χ3n) is 6.28. The summed E-state index contributed by atoms with van der Waals surface area (Å²) in [6.07, 6.45) is 0.230. The van der Waals surface area contributed by atoms with E-state index < -0.39 is 29.7 Å². The molecule has 0 spiro atoms. The number of benzene rings is 3. The predicted octanol–water partition coefficient (Wildman–Crippen LogP) is 4.30. The molecule has 1 saturated heterocycles. The van der Waals surface area contributed by atoms with Crippen molar-refractivity contribution in [3.05, 3.63) is 82.9 Å². The number of halogens is 1. The number of methoxy groups -OCH3 is 2. The first-order chi connectivity index (χ1) is 18.7. The van der Waals surface area contributed by atoms with Crippen LogP contribution in [0.4, 0.5) is 5.69 Å². The number of ether oxygens (including phenoxy) is 3. The first-order valence-electron chi connectivity index (χ1n) is 12.1. The minimum atomic E-state index is -1.02. The summed E-state index contributed by atoms with van der Waals surface area (Å²) in [5.74, 6) is -0.792. The Morgan fingerprint density at radius 2 is 1.69 bits per heavy atom. The minimum absolute atomic E-state index is 0.163. The highest BCUT2D eigenvalue weighted by Crippen LogP contribution is 2.31. The number of carbonyl (C=O) groups is 4. The van der Waals surface area contributed by atoms with E-state index in [1.165, 1.54) is 50.3 Å². The van der Waals surface area contributed by atoms with Gasteiger partial charge in [-0.2, -0.15) is 0 Å². The fourth-order valence-electron chi connectivity index (χ4n) is 4.44. The molecule has 1 aliphatic rings. The van der Waals surface area contributed by atoms with Gasteiger partial charge in [0.25, 0.3) is 11.8 Å². The molecule has 10 heteroatoms.